The largest absolute Gasteiger partial charge is 0.334 e. The minimum absolute atomic E-state index is 0.219. The summed E-state index contributed by atoms with van der Waals surface area (Å²) in [6, 6.07) is 4.98. The Kier molecular flexibility index (Phi) is 4.55. The lowest BCUT2D eigenvalue weighted by molar-refractivity contribution is -0.143. The van der Waals surface area contributed by atoms with Gasteiger partial charge in [0.05, 0.1) is 5.92 Å². The van der Waals surface area contributed by atoms with E-state index in [0.29, 0.717) is 18.0 Å². The van der Waals surface area contributed by atoms with Crippen molar-refractivity contribution in [1.82, 2.24) is 19.7 Å². The lowest BCUT2D eigenvalue weighted by Gasteiger charge is -2.43. The van der Waals surface area contributed by atoms with E-state index in [9.17, 15) is 4.79 Å². The third-order valence-corrected chi connectivity index (χ3v) is 5.91. The standard InChI is InChI=1S/C19H28N4O/c1-21-9-3-5-16(12-21)19(24)23-17-6-7-18(23)14-22(13-17)11-15-4-2-8-20-10-15/h2,4,8,10,16-18H,3,5-7,9,11-14H2,1H3. The average molecular weight is 328 g/mol. The molecule has 3 saturated heterocycles. The van der Waals surface area contributed by atoms with Crippen molar-refractivity contribution in [2.24, 2.45) is 5.92 Å². The van der Waals surface area contributed by atoms with Gasteiger partial charge in [0.15, 0.2) is 0 Å². The van der Waals surface area contributed by atoms with Crippen LogP contribution >= 0.6 is 0 Å². The van der Waals surface area contributed by atoms with Crippen LogP contribution in [0.3, 0.4) is 0 Å². The molecule has 1 aromatic heterocycles. The third kappa shape index (κ3) is 3.20. The number of piperidine rings is 1. The zero-order chi connectivity index (χ0) is 16.5. The monoisotopic (exact) mass is 328 g/mol. The first-order valence-electron chi connectivity index (χ1n) is 9.32. The summed E-state index contributed by atoms with van der Waals surface area (Å²) >= 11 is 0. The van der Waals surface area contributed by atoms with Crippen LogP contribution in [0.15, 0.2) is 24.5 Å². The Morgan fingerprint density at radius 3 is 2.67 bits per heavy atom. The normalized spacial score (nSPS) is 31.4. The molecule has 5 nitrogen and oxygen atoms in total. The number of carbonyl (C=O) groups is 1. The molecule has 2 bridgehead atoms. The van der Waals surface area contributed by atoms with E-state index >= 15 is 0 Å². The van der Waals surface area contributed by atoms with E-state index in [-0.39, 0.29) is 5.92 Å². The number of rotatable bonds is 3. The Hall–Kier alpha value is -1.46. The number of aromatic nitrogens is 1. The van der Waals surface area contributed by atoms with Crippen LogP contribution in [0.5, 0.6) is 0 Å². The molecule has 0 saturated carbocycles. The quantitative estimate of drug-likeness (QED) is 0.845. The van der Waals surface area contributed by atoms with Gasteiger partial charge in [-0.15, -0.1) is 0 Å². The predicted octanol–water partition coefficient (Wildman–Crippen LogP) is 1.60. The number of pyridine rings is 1. The molecule has 0 spiro atoms. The molecule has 0 aliphatic carbocycles. The Labute approximate surface area is 144 Å². The average Bonchev–Trinajstić information content (AvgIpc) is 2.86. The summed E-state index contributed by atoms with van der Waals surface area (Å²) in [6.45, 7) is 5.05. The van der Waals surface area contributed by atoms with Crippen LogP contribution in [-0.4, -0.2) is 70.9 Å². The number of nitrogens with zero attached hydrogens (tertiary/aromatic N) is 4. The van der Waals surface area contributed by atoms with Gasteiger partial charge in [0.1, 0.15) is 0 Å². The van der Waals surface area contributed by atoms with E-state index < -0.39 is 0 Å². The Morgan fingerprint density at radius 1 is 1.21 bits per heavy atom. The number of hydrogen-bond donors (Lipinski definition) is 0. The zero-order valence-electron chi connectivity index (χ0n) is 14.6. The fraction of sp³-hybridized carbons (Fsp3) is 0.684. The molecule has 4 rings (SSSR count). The van der Waals surface area contributed by atoms with Crippen molar-refractivity contribution in [3.05, 3.63) is 30.1 Å². The van der Waals surface area contributed by atoms with Crippen LogP contribution in [0, 0.1) is 5.92 Å². The summed E-state index contributed by atoms with van der Waals surface area (Å²) < 4.78 is 0. The van der Waals surface area contributed by atoms with Crippen molar-refractivity contribution in [2.45, 2.75) is 44.3 Å². The van der Waals surface area contributed by atoms with Gasteiger partial charge in [0, 0.05) is 50.7 Å². The molecule has 4 heterocycles. The van der Waals surface area contributed by atoms with E-state index in [1.54, 1.807) is 0 Å². The van der Waals surface area contributed by atoms with Crippen molar-refractivity contribution in [2.75, 3.05) is 33.2 Å². The first-order chi connectivity index (χ1) is 11.7. The minimum atomic E-state index is 0.219. The Balaban J connectivity index is 1.40. The second-order valence-corrected chi connectivity index (χ2v) is 7.79. The van der Waals surface area contributed by atoms with Crippen molar-refractivity contribution in [3.8, 4) is 0 Å². The van der Waals surface area contributed by atoms with Crippen molar-refractivity contribution in [1.29, 1.82) is 0 Å². The van der Waals surface area contributed by atoms with Crippen LogP contribution in [-0.2, 0) is 11.3 Å². The number of fused-ring (bicyclic) bond motifs is 2. The number of likely N-dealkylation sites (tertiary alicyclic amines) is 2. The summed E-state index contributed by atoms with van der Waals surface area (Å²) in [4.78, 5) is 24.4. The lowest BCUT2D eigenvalue weighted by Crippen LogP contribution is -2.57. The highest BCUT2D eigenvalue weighted by atomic mass is 16.2. The fourth-order valence-electron chi connectivity index (χ4n) is 4.81. The topological polar surface area (TPSA) is 39.7 Å². The lowest BCUT2D eigenvalue weighted by atomic mass is 9.95. The first kappa shape index (κ1) is 16.0. The van der Waals surface area contributed by atoms with E-state index in [0.717, 1.165) is 45.6 Å². The second kappa shape index (κ2) is 6.81. The molecule has 0 aromatic carbocycles. The molecule has 0 radical (unpaired) electrons. The molecule has 3 unspecified atom stereocenters. The van der Waals surface area contributed by atoms with E-state index in [2.05, 4.69) is 32.8 Å². The highest BCUT2D eigenvalue weighted by molar-refractivity contribution is 5.80. The van der Waals surface area contributed by atoms with Gasteiger partial charge in [-0.3, -0.25) is 14.7 Å². The molecule has 1 aromatic rings. The van der Waals surface area contributed by atoms with Gasteiger partial charge in [-0.25, -0.2) is 0 Å². The molecule has 3 fully saturated rings. The molecule has 3 atom stereocenters. The smallest absolute Gasteiger partial charge is 0.227 e. The SMILES string of the molecule is CN1CCCC(C(=O)N2C3CCC2CN(Cc2cccnc2)C3)C1. The molecule has 130 valence electrons. The summed E-state index contributed by atoms with van der Waals surface area (Å²) in [5.74, 6) is 0.645. The van der Waals surface area contributed by atoms with Gasteiger partial charge >= 0.3 is 0 Å². The van der Waals surface area contributed by atoms with Gasteiger partial charge in [-0.2, -0.15) is 0 Å². The van der Waals surface area contributed by atoms with E-state index in [4.69, 9.17) is 0 Å². The molecule has 0 N–H and O–H groups in total. The minimum Gasteiger partial charge on any atom is -0.334 e. The zero-order valence-corrected chi connectivity index (χ0v) is 14.6. The van der Waals surface area contributed by atoms with Crippen LogP contribution < -0.4 is 0 Å². The van der Waals surface area contributed by atoms with Crippen LogP contribution in [0.25, 0.3) is 0 Å². The van der Waals surface area contributed by atoms with Gasteiger partial charge in [-0.05, 0) is 50.9 Å². The highest BCUT2D eigenvalue weighted by Gasteiger charge is 2.44. The molecule has 3 aliphatic rings. The van der Waals surface area contributed by atoms with E-state index in [1.165, 1.54) is 18.4 Å². The van der Waals surface area contributed by atoms with Gasteiger partial charge in [-0.1, -0.05) is 6.07 Å². The Bertz CT molecular complexity index is 564. The van der Waals surface area contributed by atoms with Crippen molar-refractivity contribution >= 4 is 5.91 Å². The number of piperazine rings is 1. The summed E-state index contributed by atoms with van der Waals surface area (Å²) in [7, 11) is 2.14. The van der Waals surface area contributed by atoms with Gasteiger partial charge in [0.25, 0.3) is 0 Å². The van der Waals surface area contributed by atoms with Crippen molar-refractivity contribution in [3.63, 3.8) is 0 Å². The maximum absolute atomic E-state index is 13.1. The molecule has 3 aliphatic heterocycles. The molecule has 24 heavy (non-hydrogen) atoms. The molecular formula is C19H28N4O. The second-order valence-electron chi connectivity index (χ2n) is 7.79. The number of amides is 1. The predicted molar refractivity (Wildman–Crippen MR) is 93.4 cm³/mol. The highest BCUT2D eigenvalue weighted by Crippen LogP contribution is 2.33. The summed E-state index contributed by atoms with van der Waals surface area (Å²) in [5, 5.41) is 0. The summed E-state index contributed by atoms with van der Waals surface area (Å²) in [5.41, 5.74) is 1.27. The molecule has 1 amide bonds. The third-order valence-electron chi connectivity index (χ3n) is 5.91. The molecular weight excluding hydrogens is 300 g/mol. The fourth-order valence-corrected chi connectivity index (χ4v) is 4.81. The van der Waals surface area contributed by atoms with Crippen molar-refractivity contribution < 1.29 is 4.79 Å². The van der Waals surface area contributed by atoms with Crippen LogP contribution in [0.1, 0.15) is 31.2 Å². The van der Waals surface area contributed by atoms with Gasteiger partial charge in [0.2, 0.25) is 5.91 Å². The number of hydrogen-bond acceptors (Lipinski definition) is 4. The van der Waals surface area contributed by atoms with Gasteiger partial charge < -0.3 is 9.80 Å². The Morgan fingerprint density at radius 2 is 2.00 bits per heavy atom. The van der Waals surface area contributed by atoms with Crippen LogP contribution in [0.2, 0.25) is 0 Å². The summed E-state index contributed by atoms with van der Waals surface area (Å²) in [6.07, 6.45) is 8.34. The van der Waals surface area contributed by atoms with Crippen LogP contribution in [0.4, 0.5) is 0 Å². The first-order valence-corrected chi connectivity index (χ1v) is 9.32. The maximum atomic E-state index is 13.1. The maximum Gasteiger partial charge on any atom is 0.227 e. The number of carbonyl (C=O) groups excluding carboxylic acids is 1. The van der Waals surface area contributed by atoms with E-state index in [1.807, 2.05) is 18.5 Å². The molecule has 5 heteroatoms.